The lowest BCUT2D eigenvalue weighted by Gasteiger charge is -2.08. The first-order chi connectivity index (χ1) is 12.6. The standard InChI is InChI=1S/C20H15Cl2N3O/c1-26-14-4-2-3-12(9-14)19-11-15-18(7-8-23-20(15)25-19)24-13-5-6-16(21)17(22)10-13/h2-11H,1H3,(H2,23,24,25). The summed E-state index contributed by atoms with van der Waals surface area (Å²) in [5.41, 5.74) is 4.58. The molecule has 0 spiro atoms. The van der Waals surface area contributed by atoms with Crippen LogP contribution in [0.1, 0.15) is 0 Å². The van der Waals surface area contributed by atoms with Gasteiger partial charge in [0.2, 0.25) is 0 Å². The van der Waals surface area contributed by atoms with Gasteiger partial charge in [0.1, 0.15) is 11.4 Å². The summed E-state index contributed by atoms with van der Waals surface area (Å²) in [5, 5.41) is 5.39. The summed E-state index contributed by atoms with van der Waals surface area (Å²) in [7, 11) is 1.66. The molecule has 2 heterocycles. The van der Waals surface area contributed by atoms with Crippen LogP contribution in [0.15, 0.2) is 60.8 Å². The van der Waals surface area contributed by atoms with E-state index in [0.29, 0.717) is 10.0 Å². The number of hydrogen-bond acceptors (Lipinski definition) is 3. The van der Waals surface area contributed by atoms with Crippen LogP contribution < -0.4 is 10.1 Å². The van der Waals surface area contributed by atoms with Crippen LogP contribution in [-0.2, 0) is 0 Å². The highest BCUT2D eigenvalue weighted by Crippen LogP contribution is 2.32. The van der Waals surface area contributed by atoms with Gasteiger partial charge in [0.05, 0.1) is 22.8 Å². The molecule has 0 bridgehead atoms. The average Bonchev–Trinajstić information content (AvgIpc) is 3.10. The van der Waals surface area contributed by atoms with Gasteiger partial charge < -0.3 is 15.0 Å². The van der Waals surface area contributed by atoms with E-state index in [4.69, 9.17) is 27.9 Å². The number of nitrogens with zero attached hydrogens (tertiary/aromatic N) is 1. The number of aromatic amines is 1. The summed E-state index contributed by atoms with van der Waals surface area (Å²) in [5.74, 6) is 0.809. The second-order valence-corrected chi connectivity index (χ2v) is 6.60. The Morgan fingerprint density at radius 2 is 1.88 bits per heavy atom. The van der Waals surface area contributed by atoms with Crippen LogP contribution in [-0.4, -0.2) is 17.1 Å². The third-order valence-electron chi connectivity index (χ3n) is 4.11. The number of halogens is 2. The molecule has 0 amide bonds. The topological polar surface area (TPSA) is 49.9 Å². The molecule has 0 aliphatic rings. The quantitative estimate of drug-likeness (QED) is 0.435. The number of methoxy groups -OCH3 is 1. The zero-order valence-electron chi connectivity index (χ0n) is 13.9. The Balaban J connectivity index is 1.74. The minimum atomic E-state index is 0.508. The van der Waals surface area contributed by atoms with E-state index in [-0.39, 0.29) is 0 Å². The molecular weight excluding hydrogens is 369 g/mol. The second kappa shape index (κ2) is 6.90. The van der Waals surface area contributed by atoms with E-state index in [9.17, 15) is 0 Å². The van der Waals surface area contributed by atoms with E-state index in [1.54, 1.807) is 25.4 Å². The molecule has 2 aromatic carbocycles. The van der Waals surface area contributed by atoms with Crippen LogP contribution in [0.3, 0.4) is 0 Å². The molecule has 2 aromatic heterocycles. The third-order valence-corrected chi connectivity index (χ3v) is 4.85. The molecule has 0 aliphatic carbocycles. The van der Waals surface area contributed by atoms with Gasteiger partial charge in [0.25, 0.3) is 0 Å². The van der Waals surface area contributed by atoms with Crippen molar-refractivity contribution in [1.82, 2.24) is 9.97 Å². The van der Waals surface area contributed by atoms with Crippen molar-refractivity contribution in [2.24, 2.45) is 0 Å². The fourth-order valence-electron chi connectivity index (χ4n) is 2.81. The predicted molar refractivity (Wildman–Crippen MR) is 108 cm³/mol. The number of hydrogen-bond donors (Lipinski definition) is 2. The molecule has 0 aliphatic heterocycles. The molecule has 0 fully saturated rings. The summed E-state index contributed by atoms with van der Waals surface area (Å²) >= 11 is 12.1. The first-order valence-electron chi connectivity index (χ1n) is 7.98. The molecule has 0 saturated carbocycles. The molecule has 4 nitrogen and oxygen atoms in total. The van der Waals surface area contributed by atoms with Gasteiger partial charge >= 0.3 is 0 Å². The molecule has 0 saturated heterocycles. The van der Waals surface area contributed by atoms with Crippen LogP contribution in [0.2, 0.25) is 10.0 Å². The smallest absolute Gasteiger partial charge is 0.139 e. The van der Waals surface area contributed by atoms with Crippen molar-refractivity contribution in [2.45, 2.75) is 0 Å². The SMILES string of the molecule is COc1cccc(-c2cc3c(Nc4ccc(Cl)c(Cl)c4)ccnc3[nH]2)c1. The van der Waals surface area contributed by atoms with E-state index in [0.717, 1.165) is 39.4 Å². The van der Waals surface area contributed by atoms with Gasteiger partial charge in [-0.25, -0.2) is 4.98 Å². The fraction of sp³-hybridized carbons (Fsp3) is 0.0500. The second-order valence-electron chi connectivity index (χ2n) is 5.79. The van der Waals surface area contributed by atoms with Crippen molar-refractivity contribution in [2.75, 3.05) is 12.4 Å². The highest BCUT2D eigenvalue weighted by molar-refractivity contribution is 6.42. The maximum atomic E-state index is 6.11. The van der Waals surface area contributed by atoms with Crippen LogP contribution >= 0.6 is 23.2 Å². The molecule has 130 valence electrons. The van der Waals surface area contributed by atoms with E-state index >= 15 is 0 Å². The van der Waals surface area contributed by atoms with Gasteiger partial charge in [0.15, 0.2) is 0 Å². The van der Waals surface area contributed by atoms with E-state index in [2.05, 4.69) is 21.4 Å². The zero-order chi connectivity index (χ0) is 18.1. The summed E-state index contributed by atoms with van der Waals surface area (Å²) in [6.07, 6.45) is 1.76. The van der Waals surface area contributed by atoms with Crippen molar-refractivity contribution in [3.8, 4) is 17.0 Å². The number of ether oxygens (including phenoxy) is 1. The number of rotatable bonds is 4. The fourth-order valence-corrected chi connectivity index (χ4v) is 3.11. The van der Waals surface area contributed by atoms with Crippen LogP contribution in [0.4, 0.5) is 11.4 Å². The van der Waals surface area contributed by atoms with Gasteiger partial charge in [-0.3, -0.25) is 0 Å². The number of H-pyrrole nitrogens is 1. The highest BCUT2D eigenvalue weighted by Gasteiger charge is 2.10. The monoisotopic (exact) mass is 383 g/mol. The lowest BCUT2D eigenvalue weighted by molar-refractivity contribution is 0.415. The molecular formula is C20H15Cl2N3O. The highest BCUT2D eigenvalue weighted by atomic mass is 35.5. The molecule has 4 aromatic rings. The van der Waals surface area contributed by atoms with Gasteiger partial charge in [-0.1, -0.05) is 35.3 Å². The Bertz CT molecular complexity index is 1090. The average molecular weight is 384 g/mol. The first kappa shape index (κ1) is 16.8. The molecule has 2 N–H and O–H groups in total. The number of anilines is 2. The lowest BCUT2D eigenvalue weighted by Crippen LogP contribution is -1.91. The Hall–Kier alpha value is -2.69. The number of benzene rings is 2. The Morgan fingerprint density at radius 1 is 1.00 bits per heavy atom. The third kappa shape index (κ3) is 3.21. The van der Waals surface area contributed by atoms with Gasteiger partial charge in [0, 0.05) is 28.5 Å². The van der Waals surface area contributed by atoms with Gasteiger partial charge in [-0.05, 0) is 42.5 Å². The number of aromatic nitrogens is 2. The maximum absolute atomic E-state index is 6.11. The van der Waals surface area contributed by atoms with E-state index in [1.165, 1.54) is 0 Å². The predicted octanol–water partition coefficient (Wildman–Crippen LogP) is 6.29. The Morgan fingerprint density at radius 3 is 2.69 bits per heavy atom. The minimum Gasteiger partial charge on any atom is -0.497 e. The number of pyridine rings is 1. The molecule has 4 rings (SSSR count). The normalized spacial score (nSPS) is 10.9. The molecule has 6 heteroatoms. The number of nitrogens with one attached hydrogen (secondary N) is 2. The molecule has 0 unspecified atom stereocenters. The largest absolute Gasteiger partial charge is 0.497 e. The Kier molecular flexibility index (Phi) is 4.45. The zero-order valence-corrected chi connectivity index (χ0v) is 15.4. The number of fused-ring (bicyclic) bond motifs is 1. The van der Waals surface area contributed by atoms with E-state index in [1.807, 2.05) is 36.4 Å². The summed E-state index contributed by atoms with van der Waals surface area (Å²) in [4.78, 5) is 7.79. The first-order valence-corrected chi connectivity index (χ1v) is 8.74. The lowest BCUT2D eigenvalue weighted by atomic mass is 10.1. The van der Waals surface area contributed by atoms with Crippen LogP contribution in [0.5, 0.6) is 5.75 Å². The molecule has 0 radical (unpaired) electrons. The Labute approximate surface area is 160 Å². The van der Waals surface area contributed by atoms with Gasteiger partial charge in [-0.2, -0.15) is 0 Å². The van der Waals surface area contributed by atoms with Crippen molar-refractivity contribution in [3.05, 3.63) is 70.8 Å². The molecule has 0 atom stereocenters. The summed E-state index contributed by atoms with van der Waals surface area (Å²) < 4.78 is 5.31. The summed E-state index contributed by atoms with van der Waals surface area (Å²) in [6.45, 7) is 0. The van der Waals surface area contributed by atoms with Crippen LogP contribution in [0.25, 0.3) is 22.3 Å². The maximum Gasteiger partial charge on any atom is 0.139 e. The van der Waals surface area contributed by atoms with Crippen molar-refractivity contribution in [3.63, 3.8) is 0 Å². The van der Waals surface area contributed by atoms with E-state index < -0.39 is 0 Å². The van der Waals surface area contributed by atoms with Crippen molar-refractivity contribution in [1.29, 1.82) is 0 Å². The molecule has 26 heavy (non-hydrogen) atoms. The summed E-state index contributed by atoms with van der Waals surface area (Å²) in [6, 6.07) is 17.3. The minimum absolute atomic E-state index is 0.508. The van der Waals surface area contributed by atoms with Crippen molar-refractivity contribution < 1.29 is 4.74 Å². The van der Waals surface area contributed by atoms with Gasteiger partial charge in [-0.15, -0.1) is 0 Å². The van der Waals surface area contributed by atoms with Crippen LogP contribution in [0, 0.1) is 0 Å². The van der Waals surface area contributed by atoms with Crippen molar-refractivity contribution >= 4 is 45.6 Å².